The summed E-state index contributed by atoms with van der Waals surface area (Å²) >= 11 is 0. The SMILES string of the molecule is COCCN(CCOC)C1=C(c2ccc(C)cc2)C(=O)N(c2ccc(C)cc2C)C1=O. The normalized spacial score (nSPS) is 14.0. The summed E-state index contributed by atoms with van der Waals surface area (Å²) in [6.45, 7) is 7.71. The number of nitrogens with zero attached hydrogens (tertiary/aromatic N) is 2. The first-order valence-corrected chi connectivity index (χ1v) is 10.4. The maximum Gasteiger partial charge on any atom is 0.282 e. The second-order valence-corrected chi connectivity index (χ2v) is 7.80. The fraction of sp³-hybridized carbons (Fsp3) is 0.360. The van der Waals surface area contributed by atoms with Crippen LogP contribution in [0.2, 0.25) is 0 Å². The summed E-state index contributed by atoms with van der Waals surface area (Å²) in [6.07, 6.45) is 0. The van der Waals surface area contributed by atoms with Crippen molar-refractivity contribution >= 4 is 23.1 Å². The first kappa shape index (κ1) is 22.7. The number of amides is 2. The van der Waals surface area contributed by atoms with Crippen LogP contribution in [-0.2, 0) is 19.1 Å². The van der Waals surface area contributed by atoms with Crippen LogP contribution in [0.5, 0.6) is 0 Å². The minimum absolute atomic E-state index is 0.310. The molecule has 1 heterocycles. The van der Waals surface area contributed by atoms with Gasteiger partial charge in [0.15, 0.2) is 0 Å². The Morgan fingerprint density at radius 3 is 1.94 bits per heavy atom. The topological polar surface area (TPSA) is 59.1 Å². The number of hydrogen-bond donors (Lipinski definition) is 0. The molecule has 0 fully saturated rings. The summed E-state index contributed by atoms with van der Waals surface area (Å²) in [7, 11) is 3.24. The number of anilines is 1. The molecule has 0 radical (unpaired) electrons. The highest BCUT2D eigenvalue weighted by Gasteiger charge is 2.42. The molecule has 0 unspecified atom stereocenters. The van der Waals surface area contributed by atoms with E-state index >= 15 is 0 Å². The number of hydrogen-bond acceptors (Lipinski definition) is 5. The maximum atomic E-state index is 13.7. The second kappa shape index (κ2) is 9.90. The van der Waals surface area contributed by atoms with Gasteiger partial charge < -0.3 is 14.4 Å². The lowest BCUT2D eigenvalue weighted by molar-refractivity contribution is -0.120. The fourth-order valence-corrected chi connectivity index (χ4v) is 3.81. The Morgan fingerprint density at radius 2 is 1.39 bits per heavy atom. The van der Waals surface area contributed by atoms with Gasteiger partial charge in [-0.1, -0.05) is 47.5 Å². The minimum Gasteiger partial charge on any atom is -0.383 e. The summed E-state index contributed by atoms with van der Waals surface area (Å²) in [6, 6.07) is 13.4. The first-order chi connectivity index (χ1) is 14.9. The van der Waals surface area contributed by atoms with E-state index in [1.165, 1.54) is 4.90 Å². The van der Waals surface area contributed by atoms with Crippen LogP contribution < -0.4 is 4.90 Å². The predicted molar refractivity (Wildman–Crippen MR) is 122 cm³/mol. The van der Waals surface area contributed by atoms with Crippen molar-refractivity contribution in [2.75, 3.05) is 45.4 Å². The molecule has 6 nitrogen and oxygen atoms in total. The number of rotatable bonds is 9. The van der Waals surface area contributed by atoms with E-state index in [2.05, 4.69) is 0 Å². The number of imide groups is 1. The Balaban J connectivity index is 2.14. The van der Waals surface area contributed by atoms with Crippen LogP contribution in [-0.4, -0.2) is 57.2 Å². The molecule has 0 atom stereocenters. The largest absolute Gasteiger partial charge is 0.383 e. The van der Waals surface area contributed by atoms with Gasteiger partial charge in [-0.3, -0.25) is 9.59 Å². The van der Waals surface area contributed by atoms with Crippen molar-refractivity contribution in [3.8, 4) is 0 Å². The number of carbonyl (C=O) groups is 2. The molecule has 0 aromatic heterocycles. The van der Waals surface area contributed by atoms with E-state index in [0.29, 0.717) is 43.3 Å². The number of aryl methyl sites for hydroxylation is 3. The van der Waals surface area contributed by atoms with E-state index in [0.717, 1.165) is 22.3 Å². The van der Waals surface area contributed by atoms with Crippen molar-refractivity contribution in [1.29, 1.82) is 0 Å². The molecule has 31 heavy (non-hydrogen) atoms. The van der Waals surface area contributed by atoms with Crippen molar-refractivity contribution < 1.29 is 19.1 Å². The predicted octanol–water partition coefficient (Wildman–Crippen LogP) is 3.49. The van der Waals surface area contributed by atoms with Crippen molar-refractivity contribution in [1.82, 2.24) is 4.90 Å². The number of benzene rings is 2. The van der Waals surface area contributed by atoms with Crippen LogP contribution in [0.4, 0.5) is 5.69 Å². The van der Waals surface area contributed by atoms with Gasteiger partial charge in [-0.15, -0.1) is 0 Å². The van der Waals surface area contributed by atoms with Gasteiger partial charge in [-0.25, -0.2) is 4.90 Å². The highest BCUT2D eigenvalue weighted by molar-refractivity contribution is 6.45. The Bertz CT molecular complexity index is 987. The summed E-state index contributed by atoms with van der Waals surface area (Å²) in [5.74, 6) is -0.629. The van der Waals surface area contributed by atoms with Gasteiger partial charge in [-0.2, -0.15) is 0 Å². The van der Waals surface area contributed by atoms with E-state index in [1.54, 1.807) is 14.2 Å². The zero-order chi connectivity index (χ0) is 22.5. The molecule has 0 saturated heterocycles. The van der Waals surface area contributed by atoms with Crippen LogP contribution >= 0.6 is 0 Å². The van der Waals surface area contributed by atoms with E-state index in [-0.39, 0.29) is 11.8 Å². The Morgan fingerprint density at radius 1 is 0.806 bits per heavy atom. The Labute approximate surface area is 184 Å². The molecule has 1 aliphatic rings. The molecular weight excluding hydrogens is 392 g/mol. The molecule has 6 heteroatoms. The molecule has 164 valence electrons. The molecular formula is C25H30N2O4. The van der Waals surface area contributed by atoms with Crippen molar-refractivity contribution in [3.63, 3.8) is 0 Å². The monoisotopic (exact) mass is 422 g/mol. The standard InChI is InChI=1S/C25H30N2O4/c1-17-6-9-20(10-7-17)22-23(26(12-14-30-4)13-15-31-5)25(29)27(24(22)28)21-11-8-18(2)16-19(21)3/h6-11,16H,12-15H2,1-5H3. The van der Waals surface area contributed by atoms with Gasteiger partial charge in [0.25, 0.3) is 11.8 Å². The number of carbonyl (C=O) groups excluding carboxylic acids is 2. The summed E-state index contributed by atoms with van der Waals surface area (Å²) in [5, 5.41) is 0. The van der Waals surface area contributed by atoms with Gasteiger partial charge >= 0.3 is 0 Å². The summed E-state index contributed by atoms with van der Waals surface area (Å²) < 4.78 is 10.5. The Kier molecular flexibility index (Phi) is 7.25. The minimum atomic E-state index is -0.320. The molecule has 2 aromatic rings. The molecule has 0 N–H and O–H groups in total. The van der Waals surface area contributed by atoms with Gasteiger partial charge in [0.2, 0.25) is 0 Å². The second-order valence-electron chi connectivity index (χ2n) is 7.80. The van der Waals surface area contributed by atoms with Crippen molar-refractivity contribution in [2.24, 2.45) is 0 Å². The van der Waals surface area contributed by atoms with Gasteiger partial charge in [-0.05, 0) is 38.0 Å². The van der Waals surface area contributed by atoms with Crippen LogP contribution in [0.3, 0.4) is 0 Å². The first-order valence-electron chi connectivity index (χ1n) is 10.4. The third-order valence-electron chi connectivity index (χ3n) is 5.44. The molecule has 2 aromatic carbocycles. The van der Waals surface area contributed by atoms with Gasteiger partial charge in [0.05, 0.1) is 24.5 Å². The smallest absolute Gasteiger partial charge is 0.282 e. The van der Waals surface area contributed by atoms with Crippen LogP contribution in [0.15, 0.2) is 48.2 Å². The number of methoxy groups -OCH3 is 2. The molecule has 0 saturated carbocycles. The lowest BCUT2D eigenvalue weighted by atomic mass is 10.0. The molecule has 0 spiro atoms. The van der Waals surface area contributed by atoms with E-state index in [1.807, 2.05) is 68.1 Å². The maximum absolute atomic E-state index is 13.7. The quantitative estimate of drug-likeness (QED) is 0.579. The number of ether oxygens (including phenoxy) is 2. The van der Waals surface area contributed by atoms with Crippen LogP contribution in [0, 0.1) is 20.8 Å². The van der Waals surface area contributed by atoms with E-state index in [4.69, 9.17) is 9.47 Å². The average Bonchev–Trinajstić information content (AvgIpc) is 2.99. The van der Waals surface area contributed by atoms with E-state index < -0.39 is 0 Å². The van der Waals surface area contributed by atoms with Gasteiger partial charge in [0, 0.05) is 27.3 Å². The van der Waals surface area contributed by atoms with Crippen LogP contribution in [0.25, 0.3) is 5.57 Å². The fourth-order valence-electron chi connectivity index (χ4n) is 3.81. The molecule has 0 bridgehead atoms. The zero-order valence-electron chi connectivity index (χ0n) is 18.9. The molecule has 1 aliphatic heterocycles. The molecule has 0 aliphatic carbocycles. The molecule has 3 rings (SSSR count). The van der Waals surface area contributed by atoms with Crippen LogP contribution in [0.1, 0.15) is 22.3 Å². The lowest BCUT2D eigenvalue weighted by Gasteiger charge is -2.26. The summed E-state index contributed by atoms with van der Waals surface area (Å²) in [4.78, 5) is 30.5. The average molecular weight is 423 g/mol. The third-order valence-corrected chi connectivity index (χ3v) is 5.44. The summed E-state index contributed by atoms with van der Waals surface area (Å²) in [5.41, 5.74) is 5.19. The Hall–Kier alpha value is -2.96. The van der Waals surface area contributed by atoms with Crippen molar-refractivity contribution in [2.45, 2.75) is 20.8 Å². The van der Waals surface area contributed by atoms with E-state index in [9.17, 15) is 9.59 Å². The highest BCUT2D eigenvalue weighted by atomic mass is 16.5. The van der Waals surface area contributed by atoms with Gasteiger partial charge in [0.1, 0.15) is 5.70 Å². The van der Waals surface area contributed by atoms with Crippen molar-refractivity contribution in [3.05, 3.63) is 70.4 Å². The third kappa shape index (κ3) is 4.70. The molecule has 2 amide bonds. The zero-order valence-corrected chi connectivity index (χ0v) is 18.9. The highest BCUT2D eigenvalue weighted by Crippen LogP contribution is 2.36. The lowest BCUT2D eigenvalue weighted by Crippen LogP contribution is -2.38.